The third-order valence-electron chi connectivity index (χ3n) is 6.27. The van der Waals surface area contributed by atoms with Crippen LogP contribution in [0.25, 0.3) is 0 Å². The number of pyridine rings is 1. The molecule has 0 aliphatic carbocycles. The number of aromatic nitrogens is 3. The summed E-state index contributed by atoms with van der Waals surface area (Å²) in [5, 5.41) is 5.42. The first-order chi connectivity index (χ1) is 19.5. The number of esters is 2. The number of fused-ring (bicyclic) bond motifs is 1. The van der Waals surface area contributed by atoms with E-state index < -0.39 is 47.6 Å². The molecule has 0 fully saturated rings. The van der Waals surface area contributed by atoms with Gasteiger partial charge in [-0.1, -0.05) is 30.3 Å². The van der Waals surface area contributed by atoms with E-state index in [4.69, 9.17) is 9.47 Å². The van der Waals surface area contributed by atoms with Gasteiger partial charge < -0.3 is 14.8 Å². The van der Waals surface area contributed by atoms with Crippen molar-refractivity contribution >= 4 is 41.2 Å². The van der Waals surface area contributed by atoms with Crippen LogP contribution in [0, 0.1) is 0 Å². The number of aromatic amines is 1. The number of H-pyrrole nitrogens is 1. The minimum absolute atomic E-state index is 0.0187. The monoisotopic (exact) mass is 563 g/mol. The summed E-state index contributed by atoms with van der Waals surface area (Å²) in [6.45, 7) is 5.68. The van der Waals surface area contributed by atoms with Crippen molar-refractivity contribution in [3.63, 3.8) is 0 Å². The Labute approximate surface area is 235 Å². The Bertz CT molecular complexity index is 1520. The molecule has 214 valence electrons. The van der Waals surface area contributed by atoms with Crippen LogP contribution in [0.2, 0.25) is 0 Å². The van der Waals surface area contributed by atoms with Crippen molar-refractivity contribution in [2.45, 2.75) is 52.5 Å². The minimum Gasteiger partial charge on any atom is -0.459 e. The highest BCUT2D eigenvalue weighted by Gasteiger charge is 2.44. The molecule has 0 radical (unpaired) electrons. The number of hydrogen-bond donors (Lipinski definition) is 3. The quantitative estimate of drug-likeness (QED) is 0.271. The number of amides is 2. The van der Waals surface area contributed by atoms with Gasteiger partial charge in [0.05, 0.1) is 6.04 Å². The predicted molar refractivity (Wildman–Crippen MR) is 147 cm³/mol. The topological polar surface area (TPSA) is 164 Å². The van der Waals surface area contributed by atoms with Crippen LogP contribution in [-0.2, 0) is 30.4 Å². The maximum absolute atomic E-state index is 14.2. The Hall–Kier alpha value is -5.07. The van der Waals surface area contributed by atoms with Crippen LogP contribution in [0.1, 0.15) is 43.6 Å². The third kappa shape index (κ3) is 6.93. The smallest absolute Gasteiger partial charge is 0.303 e. The van der Waals surface area contributed by atoms with Crippen molar-refractivity contribution in [2.24, 2.45) is 0 Å². The summed E-state index contributed by atoms with van der Waals surface area (Å²) in [5.41, 5.74) is 0.391. The summed E-state index contributed by atoms with van der Waals surface area (Å²) in [5.74, 6) is -2.37. The number of nitrogens with zero attached hydrogens (tertiary/aromatic N) is 3. The molecule has 2 aromatic heterocycles. The summed E-state index contributed by atoms with van der Waals surface area (Å²) in [6.07, 6.45) is 1.35. The number of hydrogen-bond acceptors (Lipinski definition) is 9. The zero-order valence-corrected chi connectivity index (χ0v) is 23.0. The van der Waals surface area contributed by atoms with Crippen molar-refractivity contribution < 1.29 is 33.2 Å². The normalized spacial score (nSPS) is 15.5. The van der Waals surface area contributed by atoms with E-state index in [-0.39, 0.29) is 29.6 Å². The molecule has 3 atom stereocenters. The fourth-order valence-electron chi connectivity index (χ4n) is 4.70. The molecule has 1 aliphatic heterocycles. The number of benzene rings is 1. The predicted octanol–water partition coefficient (Wildman–Crippen LogP) is 1.39. The van der Waals surface area contributed by atoms with Crippen LogP contribution in [0.15, 0.2) is 59.7 Å². The molecule has 3 aromatic rings. The number of carbonyl (C=O) groups excluding carboxylic acids is 4. The van der Waals surface area contributed by atoms with Gasteiger partial charge in [-0.2, -0.15) is 9.55 Å². The van der Waals surface area contributed by atoms with E-state index in [9.17, 15) is 24.0 Å². The first-order valence-electron chi connectivity index (χ1n) is 12.9. The molecule has 3 heterocycles. The van der Waals surface area contributed by atoms with Crippen molar-refractivity contribution in [3.8, 4) is 0 Å². The van der Waals surface area contributed by atoms with Crippen LogP contribution in [0.3, 0.4) is 0 Å². The third-order valence-corrected chi connectivity index (χ3v) is 6.27. The van der Waals surface area contributed by atoms with E-state index in [0.29, 0.717) is 6.54 Å². The standard InChI is InChI=1S/C28H30N6O7/c1-16(40-18(3)36)24(41-19(4)37)22-13-29-25-23(26(38)32-28(31-25)30-17(2)35)34(22)27(39)21-11-8-12-33(15-21)14-20-9-6-5-7-10-20/h5-12,15-16,22,24H,13-14H2,1-4H3,(H2-,29,30,31,32,35,38)/p+1/t16-,22+,24+/m0/s1. The molecule has 4 rings (SSSR count). The molecule has 13 nitrogen and oxygen atoms in total. The van der Waals surface area contributed by atoms with Crippen LogP contribution in [0.5, 0.6) is 0 Å². The largest absolute Gasteiger partial charge is 0.459 e. The molecule has 2 amide bonds. The second-order valence-electron chi connectivity index (χ2n) is 9.56. The fourth-order valence-corrected chi connectivity index (χ4v) is 4.70. The van der Waals surface area contributed by atoms with Crippen molar-refractivity contribution in [3.05, 3.63) is 76.3 Å². The maximum Gasteiger partial charge on any atom is 0.303 e. The molecule has 0 saturated heterocycles. The highest BCUT2D eigenvalue weighted by atomic mass is 16.6. The van der Waals surface area contributed by atoms with Gasteiger partial charge in [0, 0.05) is 38.9 Å². The number of ether oxygens (including phenoxy) is 2. The summed E-state index contributed by atoms with van der Waals surface area (Å²) in [7, 11) is 0. The van der Waals surface area contributed by atoms with Crippen LogP contribution in [0.4, 0.5) is 17.5 Å². The first-order valence-corrected chi connectivity index (χ1v) is 12.9. The number of nitrogens with one attached hydrogen (secondary N) is 3. The Morgan fingerprint density at radius 3 is 2.44 bits per heavy atom. The molecule has 1 aliphatic rings. The lowest BCUT2D eigenvalue weighted by Crippen LogP contribution is -2.59. The molecule has 0 unspecified atom stereocenters. The van der Waals surface area contributed by atoms with E-state index in [0.717, 1.165) is 5.56 Å². The molecule has 0 bridgehead atoms. The van der Waals surface area contributed by atoms with E-state index in [1.165, 1.54) is 32.6 Å². The molecule has 1 aromatic carbocycles. The second-order valence-corrected chi connectivity index (χ2v) is 9.56. The Balaban J connectivity index is 1.81. The molecule has 0 saturated carbocycles. The van der Waals surface area contributed by atoms with Gasteiger partial charge in [0.15, 0.2) is 36.5 Å². The minimum atomic E-state index is -1.14. The Morgan fingerprint density at radius 2 is 1.78 bits per heavy atom. The molecule has 41 heavy (non-hydrogen) atoms. The SMILES string of the molecule is CC(=O)Nc1nc2c(c(=O)[nH]1)N(C(=O)c1ccc[n+](Cc3ccccc3)c1)[C@@H]([C@H](OC(C)=O)[C@H](C)OC(C)=O)CN2. The van der Waals surface area contributed by atoms with Gasteiger partial charge in [-0.25, -0.2) is 0 Å². The van der Waals surface area contributed by atoms with Gasteiger partial charge in [0.2, 0.25) is 11.9 Å². The summed E-state index contributed by atoms with van der Waals surface area (Å²) < 4.78 is 12.7. The molecular formula is C28H31N6O7+. The van der Waals surface area contributed by atoms with Crippen molar-refractivity contribution in [1.29, 1.82) is 0 Å². The molecular weight excluding hydrogens is 532 g/mol. The highest BCUT2D eigenvalue weighted by molar-refractivity contribution is 6.08. The molecule has 0 spiro atoms. The van der Waals surface area contributed by atoms with Gasteiger partial charge in [-0.3, -0.25) is 39.2 Å². The second kappa shape index (κ2) is 12.4. The lowest BCUT2D eigenvalue weighted by molar-refractivity contribution is -0.688. The molecule has 13 heteroatoms. The van der Waals surface area contributed by atoms with Gasteiger partial charge in [-0.05, 0) is 13.0 Å². The van der Waals surface area contributed by atoms with Gasteiger partial charge in [-0.15, -0.1) is 0 Å². The Morgan fingerprint density at radius 1 is 1.07 bits per heavy atom. The lowest BCUT2D eigenvalue weighted by atomic mass is 10.00. The average Bonchev–Trinajstić information content (AvgIpc) is 2.90. The zero-order chi connectivity index (χ0) is 29.7. The first kappa shape index (κ1) is 28.9. The van der Waals surface area contributed by atoms with Crippen molar-refractivity contribution in [1.82, 2.24) is 9.97 Å². The van der Waals surface area contributed by atoms with Crippen LogP contribution >= 0.6 is 0 Å². The number of rotatable bonds is 8. The average molecular weight is 564 g/mol. The Kier molecular flexibility index (Phi) is 8.75. The highest BCUT2D eigenvalue weighted by Crippen LogP contribution is 2.31. The molecule has 3 N–H and O–H groups in total. The van der Waals surface area contributed by atoms with Gasteiger partial charge in [0.25, 0.3) is 11.5 Å². The number of anilines is 3. The fraction of sp³-hybridized carbons (Fsp3) is 0.321. The summed E-state index contributed by atoms with van der Waals surface area (Å²) in [4.78, 5) is 71.0. The maximum atomic E-state index is 14.2. The van der Waals surface area contributed by atoms with E-state index in [1.54, 1.807) is 18.3 Å². The summed E-state index contributed by atoms with van der Waals surface area (Å²) >= 11 is 0. The van der Waals surface area contributed by atoms with Crippen molar-refractivity contribution in [2.75, 3.05) is 22.1 Å². The van der Waals surface area contributed by atoms with E-state index >= 15 is 0 Å². The number of carbonyl (C=O) groups is 4. The van der Waals surface area contributed by atoms with E-state index in [1.807, 2.05) is 41.1 Å². The van der Waals surface area contributed by atoms with Gasteiger partial charge >= 0.3 is 11.9 Å². The van der Waals surface area contributed by atoms with Crippen LogP contribution in [-0.4, -0.2) is 58.5 Å². The van der Waals surface area contributed by atoms with Crippen LogP contribution < -0.4 is 25.7 Å². The van der Waals surface area contributed by atoms with E-state index in [2.05, 4.69) is 20.6 Å². The summed E-state index contributed by atoms with van der Waals surface area (Å²) in [6, 6.07) is 12.0. The lowest BCUT2D eigenvalue weighted by Gasteiger charge is -2.41. The zero-order valence-electron chi connectivity index (χ0n) is 23.0. The van der Waals surface area contributed by atoms with Gasteiger partial charge in [0.1, 0.15) is 11.7 Å².